The van der Waals surface area contributed by atoms with E-state index in [-0.39, 0.29) is 25.0 Å². The summed E-state index contributed by atoms with van der Waals surface area (Å²) in [5.41, 5.74) is 4.43. The summed E-state index contributed by atoms with van der Waals surface area (Å²) < 4.78 is 5.51. The van der Waals surface area contributed by atoms with Gasteiger partial charge in [-0.2, -0.15) is 0 Å². The van der Waals surface area contributed by atoms with Crippen molar-refractivity contribution in [1.29, 1.82) is 0 Å². The number of carboxylic acid groups (broad SMARTS) is 1. The lowest BCUT2D eigenvalue weighted by Crippen LogP contribution is -2.50. The number of fused-ring (bicyclic) bond motifs is 3. The molecule has 0 aliphatic heterocycles. The van der Waals surface area contributed by atoms with Gasteiger partial charge in [-0.25, -0.2) is 4.79 Å². The fourth-order valence-corrected chi connectivity index (χ4v) is 4.11. The largest absolute Gasteiger partial charge is 0.480 e. The van der Waals surface area contributed by atoms with Gasteiger partial charge >= 0.3 is 12.1 Å². The number of amides is 3. The van der Waals surface area contributed by atoms with Crippen LogP contribution in [0.25, 0.3) is 11.1 Å². The van der Waals surface area contributed by atoms with Crippen LogP contribution in [-0.4, -0.2) is 54.7 Å². The van der Waals surface area contributed by atoms with Crippen molar-refractivity contribution in [1.82, 2.24) is 16.0 Å². The molecule has 1 atom stereocenters. The Morgan fingerprint density at radius 3 is 2.09 bits per heavy atom. The van der Waals surface area contributed by atoms with E-state index in [0.29, 0.717) is 0 Å². The SMILES string of the molecule is O=C(O)CNC(=O)CNC(=O)C(NC(=O)OCC1c2ccccc2-c2ccccc21)C1CC1. The molecule has 0 radical (unpaired) electrons. The Balaban J connectivity index is 1.32. The fraction of sp³-hybridized carbons (Fsp3) is 0.333. The molecule has 3 amide bonds. The molecule has 2 aromatic rings. The quantitative estimate of drug-likeness (QED) is 0.458. The fourth-order valence-electron chi connectivity index (χ4n) is 4.11. The van der Waals surface area contributed by atoms with Crippen LogP contribution in [0.15, 0.2) is 48.5 Å². The monoisotopic (exact) mass is 451 g/mol. The van der Waals surface area contributed by atoms with Crippen LogP contribution < -0.4 is 16.0 Å². The van der Waals surface area contributed by atoms with Crippen LogP contribution in [0.3, 0.4) is 0 Å². The van der Waals surface area contributed by atoms with Gasteiger partial charge < -0.3 is 25.8 Å². The lowest BCUT2D eigenvalue weighted by atomic mass is 9.98. The maximum Gasteiger partial charge on any atom is 0.407 e. The molecule has 9 nitrogen and oxygen atoms in total. The van der Waals surface area contributed by atoms with Crippen LogP contribution in [0, 0.1) is 5.92 Å². The molecule has 1 unspecified atom stereocenters. The first-order valence-corrected chi connectivity index (χ1v) is 10.8. The summed E-state index contributed by atoms with van der Waals surface area (Å²) in [4.78, 5) is 47.2. The van der Waals surface area contributed by atoms with E-state index in [1.165, 1.54) is 0 Å². The molecule has 1 fully saturated rings. The highest BCUT2D eigenvalue weighted by Crippen LogP contribution is 2.44. The van der Waals surface area contributed by atoms with E-state index in [2.05, 4.69) is 16.0 Å². The van der Waals surface area contributed by atoms with E-state index < -0.39 is 36.5 Å². The highest BCUT2D eigenvalue weighted by molar-refractivity contribution is 5.90. The summed E-state index contributed by atoms with van der Waals surface area (Å²) >= 11 is 0. The minimum Gasteiger partial charge on any atom is -0.480 e. The van der Waals surface area contributed by atoms with Crippen molar-refractivity contribution in [3.05, 3.63) is 59.7 Å². The van der Waals surface area contributed by atoms with Gasteiger partial charge in [-0.3, -0.25) is 14.4 Å². The third-order valence-corrected chi connectivity index (χ3v) is 5.85. The second kappa shape index (κ2) is 9.72. The first kappa shape index (κ1) is 22.3. The highest BCUT2D eigenvalue weighted by Gasteiger charge is 2.38. The van der Waals surface area contributed by atoms with E-state index in [9.17, 15) is 19.2 Å². The zero-order valence-corrected chi connectivity index (χ0v) is 17.9. The second-order valence-corrected chi connectivity index (χ2v) is 8.17. The molecule has 9 heteroatoms. The first-order chi connectivity index (χ1) is 15.9. The number of hydrogen-bond donors (Lipinski definition) is 4. The number of rotatable bonds is 9. The predicted octanol–water partition coefficient (Wildman–Crippen LogP) is 1.62. The van der Waals surface area contributed by atoms with Crippen molar-refractivity contribution in [2.45, 2.75) is 24.8 Å². The number of carboxylic acids is 1. The molecule has 0 heterocycles. The van der Waals surface area contributed by atoms with Crippen molar-refractivity contribution in [3.8, 4) is 11.1 Å². The molecule has 33 heavy (non-hydrogen) atoms. The molecule has 0 saturated heterocycles. The summed E-state index contributed by atoms with van der Waals surface area (Å²) in [6.45, 7) is -0.767. The van der Waals surface area contributed by atoms with Gasteiger partial charge in [0, 0.05) is 5.92 Å². The Labute approximate surface area is 190 Å². The van der Waals surface area contributed by atoms with Crippen molar-refractivity contribution >= 4 is 23.9 Å². The normalized spacial score (nSPS) is 15.0. The molecule has 172 valence electrons. The van der Waals surface area contributed by atoms with Gasteiger partial charge in [-0.15, -0.1) is 0 Å². The predicted molar refractivity (Wildman–Crippen MR) is 118 cm³/mol. The number of hydrogen-bond acceptors (Lipinski definition) is 5. The molecule has 2 aliphatic rings. The molecule has 1 saturated carbocycles. The van der Waals surface area contributed by atoms with Gasteiger partial charge in [-0.1, -0.05) is 48.5 Å². The van der Waals surface area contributed by atoms with E-state index >= 15 is 0 Å². The van der Waals surface area contributed by atoms with E-state index in [1.807, 2.05) is 48.5 Å². The third-order valence-electron chi connectivity index (χ3n) is 5.85. The molecule has 0 aromatic heterocycles. The maximum absolute atomic E-state index is 12.5. The van der Waals surface area contributed by atoms with Crippen molar-refractivity contribution in [3.63, 3.8) is 0 Å². The molecule has 2 aliphatic carbocycles. The van der Waals surface area contributed by atoms with E-state index in [1.54, 1.807) is 0 Å². The maximum atomic E-state index is 12.5. The summed E-state index contributed by atoms with van der Waals surface area (Å²) in [6.07, 6.45) is 0.874. The van der Waals surface area contributed by atoms with Gasteiger partial charge in [0.25, 0.3) is 0 Å². The molecule has 0 bridgehead atoms. The number of alkyl carbamates (subject to hydrolysis) is 1. The Kier molecular flexibility index (Phi) is 6.58. The lowest BCUT2D eigenvalue weighted by molar-refractivity contribution is -0.137. The minimum atomic E-state index is -1.18. The zero-order chi connectivity index (χ0) is 23.4. The van der Waals surface area contributed by atoms with Crippen molar-refractivity contribution in [2.24, 2.45) is 5.92 Å². The minimum absolute atomic E-state index is 0.0208. The van der Waals surface area contributed by atoms with Gasteiger partial charge in [-0.05, 0) is 41.0 Å². The second-order valence-electron chi connectivity index (χ2n) is 8.17. The van der Waals surface area contributed by atoms with Gasteiger partial charge in [0.05, 0.1) is 6.54 Å². The highest BCUT2D eigenvalue weighted by atomic mass is 16.5. The number of aliphatic carboxylic acids is 1. The lowest BCUT2D eigenvalue weighted by Gasteiger charge is -2.19. The third kappa shape index (κ3) is 5.31. The van der Waals surface area contributed by atoms with Crippen LogP contribution in [0.5, 0.6) is 0 Å². The zero-order valence-electron chi connectivity index (χ0n) is 17.9. The Bertz CT molecular complexity index is 1040. The molecule has 0 spiro atoms. The summed E-state index contributed by atoms with van der Waals surface area (Å²) in [5, 5.41) is 15.8. The Hall–Kier alpha value is -3.88. The van der Waals surface area contributed by atoms with Crippen LogP contribution in [-0.2, 0) is 19.1 Å². The number of carbonyl (C=O) groups is 4. The van der Waals surface area contributed by atoms with Gasteiger partial charge in [0.15, 0.2) is 0 Å². The van der Waals surface area contributed by atoms with Crippen LogP contribution >= 0.6 is 0 Å². The van der Waals surface area contributed by atoms with E-state index in [4.69, 9.17) is 9.84 Å². The molecular formula is C24H25N3O6. The average molecular weight is 451 g/mol. The van der Waals surface area contributed by atoms with Crippen molar-refractivity contribution in [2.75, 3.05) is 19.7 Å². The molecular weight excluding hydrogens is 426 g/mol. The number of ether oxygens (including phenoxy) is 1. The number of benzene rings is 2. The summed E-state index contributed by atoms with van der Waals surface area (Å²) in [7, 11) is 0. The van der Waals surface area contributed by atoms with Gasteiger partial charge in [0.1, 0.15) is 19.2 Å². The Morgan fingerprint density at radius 2 is 1.52 bits per heavy atom. The summed E-state index contributed by atoms with van der Waals surface area (Å²) in [5.74, 6) is -2.41. The Morgan fingerprint density at radius 1 is 0.909 bits per heavy atom. The topological polar surface area (TPSA) is 134 Å². The standard InChI is InChI=1S/C24H25N3O6/c28-20(25-12-21(29)30)11-26-23(31)22(14-9-10-14)27-24(32)33-13-19-17-7-3-1-5-15(17)16-6-2-4-8-18(16)19/h1-8,14,19,22H,9-13H2,(H,25,28)(H,26,31)(H,27,32)(H,29,30). The average Bonchev–Trinajstić information content (AvgIpc) is 3.61. The van der Waals surface area contributed by atoms with Gasteiger partial charge in [0.2, 0.25) is 11.8 Å². The smallest absolute Gasteiger partial charge is 0.407 e. The number of carbonyl (C=O) groups excluding carboxylic acids is 3. The van der Waals surface area contributed by atoms with Crippen LogP contribution in [0.4, 0.5) is 4.79 Å². The van der Waals surface area contributed by atoms with Crippen molar-refractivity contribution < 1.29 is 29.0 Å². The molecule has 2 aromatic carbocycles. The number of nitrogens with one attached hydrogen (secondary N) is 3. The van der Waals surface area contributed by atoms with E-state index in [0.717, 1.165) is 35.1 Å². The summed E-state index contributed by atoms with van der Waals surface area (Å²) in [6, 6.07) is 15.2. The van der Waals surface area contributed by atoms with Crippen LogP contribution in [0.1, 0.15) is 29.9 Å². The molecule has 4 N–H and O–H groups in total. The first-order valence-electron chi connectivity index (χ1n) is 10.8. The van der Waals surface area contributed by atoms with Crippen LogP contribution in [0.2, 0.25) is 0 Å². The molecule has 4 rings (SSSR count).